The Kier molecular flexibility index (Phi) is 3.53. The van der Waals surface area contributed by atoms with Gasteiger partial charge in [-0.1, -0.05) is 6.58 Å². The third kappa shape index (κ3) is 2.62. The van der Waals surface area contributed by atoms with E-state index in [-0.39, 0.29) is 0 Å². The lowest BCUT2D eigenvalue weighted by Gasteiger charge is -2.17. The Hall–Kier alpha value is -2.01. The summed E-state index contributed by atoms with van der Waals surface area (Å²) in [5, 5.41) is 2.95. The number of nitrogens with zero attached hydrogens (tertiary/aromatic N) is 2. The monoisotopic (exact) mass is 246 g/mol. The van der Waals surface area contributed by atoms with Gasteiger partial charge in [0.2, 0.25) is 0 Å². The van der Waals surface area contributed by atoms with E-state index >= 15 is 0 Å². The summed E-state index contributed by atoms with van der Waals surface area (Å²) in [6, 6.07) is 3.69. The molecule has 0 bridgehead atoms. The number of fused-ring (bicyclic) bond motifs is 1. The first kappa shape index (κ1) is 12.4. The number of nitrogens with two attached hydrogens (primary N) is 1. The van der Waals surface area contributed by atoms with Crippen molar-refractivity contribution in [3.05, 3.63) is 24.3 Å². The average molecular weight is 246 g/mol. The van der Waals surface area contributed by atoms with Crippen molar-refractivity contribution in [2.24, 2.45) is 4.99 Å². The molecule has 0 unspecified atom stereocenters. The minimum atomic E-state index is 0.596. The van der Waals surface area contributed by atoms with Gasteiger partial charge in [0.1, 0.15) is 12.4 Å². The van der Waals surface area contributed by atoms with Crippen LogP contribution in [-0.2, 0) is 0 Å². The number of hydrogen-bond donors (Lipinski definition) is 2. The molecule has 0 saturated carbocycles. The number of likely N-dealkylation sites (N-methyl/N-ethyl adjacent to an activating group) is 1. The summed E-state index contributed by atoms with van der Waals surface area (Å²) >= 11 is 0. The van der Waals surface area contributed by atoms with Gasteiger partial charge in [-0.05, 0) is 20.2 Å². The topological polar surface area (TPSA) is 62.9 Å². The molecule has 1 aliphatic heterocycles. The number of nitrogen functional groups attached to an aromatic ring is 1. The number of aliphatic imine (C=N–C) groups is 1. The highest BCUT2D eigenvalue weighted by atomic mass is 16.5. The Labute approximate surface area is 107 Å². The molecule has 0 radical (unpaired) electrons. The Morgan fingerprint density at radius 2 is 2.22 bits per heavy atom. The summed E-state index contributed by atoms with van der Waals surface area (Å²) in [5.74, 6) is 0.669. The number of rotatable bonds is 4. The van der Waals surface area contributed by atoms with Crippen molar-refractivity contribution in [3.8, 4) is 5.75 Å². The lowest BCUT2D eigenvalue weighted by Crippen LogP contribution is -2.20. The number of anilines is 1. The molecule has 1 aliphatic rings. The van der Waals surface area contributed by atoms with Crippen LogP contribution in [-0.4, -0.2) is 38.5 Å². The van der Waals surface area contributed by atoms with Crippen molar-refractivity contribution in [2.45, 2.75) is 0 Å². The van der Waals surface area contributed by atoms with E-state index in [1.807, 2.05) is 26.2 Å². The lowest BCUT2D eigenvalue weighted by atomic mass is 10.1. The molecule has 96 valence electrons. The predicted octanol–water partition coefficient (Wildman–Crippen LogP) is 1.44. The third-order valence-corrected chi connectivity index (χ3v) is 2.69. The lowest BCUT2D eigenvalue weighted by molar-refractivity contribution is 0.262. The summed E-state index contributed by atoms with van der Waals surface area (Å²) < 4.78 is 5.66. The zero-order chi connectivity index (χ0) is 13.1. The Morgan fingerprint density at radius 3 is 2.94 bits per heavy atom. The molecule has 1 aromatic carbocycles. The second-order valence-corrected chi connectivity index (χ2v) is 4.44. The molecule has 0 atom stereocenters. The fraction of sp³-hybridized carbons (Fsp3) is 0.308. The molecule has 5 nitrogen and oxygen atoms in total. The molecule has 0 aromatic heterocycles. The van der Waals surface area contributed by atoms with Crippen molar-refractivity contribution in [2.75, 3.05) is 33.0 Å². The van der Waals surface area contributed by atoms with E-state index in [1.165, 1.54) is 0 Å². The van der Waals surface area contributed by atoms with E-state index in [2.05, 4.69) is 21.8 Å². The number of nitrogens with one attached hydrogen (secondary N) is 1. The van der Waals surface area contributed by atoms with Crippen molar-refractivity contribution in [1.82, 2.24) is 10.2 Å². The summed E-state index contributed by atoms with van der Waals surface area (Å²) in [7, 11) is 4.00. The quantitative estimate of drug-likeness (QED) is 0.789. The summed E-state index contributed by atoms with van der Waals surface area (Å²) in [5.41, 5.74) is 9.10. The van der Waals surface area contributed by atoms with Crippen LogP contribution in [0.2, 0.25) is 0 Å². The van der Waals surface area contributed by atoms with Crippen molar-refractivity contribution < 1.29 is 4.74 Å². The van der Waals surface area contributed by atoms with E-state index < -0.39 is 0 Å². The summed E-state index contributed by atoms with van der Waals surface area (Å²) in [6.45, 7) is 5.34. The Bertz CT molecular complexity index is 494. The van der Waals surface area contributed by atoms with Gasteiger partial charge in [-0.15, -0.1) is 0 Å². The maximum atomic E-state index is 5.96. The van der Waals surface area contributed by atoms with Gasteiger partial charge in [0, 0.05) is 23.9 Å². The molecule has 2 rings (SSSR count). The van der Waals surface area contributed by atoms with Gasteiger partial charge in [0.25, 0.3) is 0 Å². The van der Waals surface area contributed by atoms with Crippen LogP contribution >= 0.6 is 0 Å². The highest BCUT2D eigenvalue weighted by molar-refractivity contribution is 5.88. The van der Waals surface area contributed by atoms with E-state index in [9.17, 15) is 0 Å². The molecule has 0 aliphatic carbocycles. The fourth-order valence-corrected chi connectivity index (χ4v) is 1.66. The van der Waals surface area contributed by atoms with Crippen LogP contribution in [0, 0.1) is 0 Å². The summed E-state index contributed by atoms with van der Waals surface area (Å²) in [4.78, 5) is 6.30. The van der Waals surface area contributed by atoms with E-state index in [0.717, 1.165) is 23.5 Å². The van der Waals surface area contributed by atoms with Crippen molar-refractivity contribution in [1.29, 1.82) is 0 Å². The molecule has 0 spiro atoms. The second-order valence-electron chi connectivity index (χ2n) is 4.44. The van der Waals surface area contributed by atoms with Crippen LogP contribution in [0.25, 0.3) is 5.70 Å². The second kappa shape index (κ2) is 5.10. The number of hydrogen-bond acceptors (Lipinski definition) is 5. The molecular formula is C13H18N4O. The van der Waals surface area contributed by atoms with Crippen molar-refractivity contribution in [3.63, 3.8) is 0 Å². The molecule has 0 saturated heterocycles. The van der Waals surface area contributed by atoms with Crippen LogP contribution < -0.4 is 15.8 Å². The number of benzene rings is 1. The molecule has 18 heavy (non-hydrogen) atoms. The van der Waals surface area contributed by atoms with Gasteiger partial charge in [0.15, 0.2) is 0 Å². The first-order valence-corrected chi connectivity index (χ1v) is 5.77. The SMILES string of the molecule is C=C1NC=Nc2cc(OCCN(C)C)c(N)cc21. The van der Waals surface area contributed by atoms with Gasteiger partial charge < -0.3 is 20.7 Å². The van der Waals surface area contributed by atoms with Gasteiger partial charge in [-0.3, -0.25) is 0 Å². The van der Waals surface area contributed by atoms with Gasteiger partial charge in [-0.25, -0.2) is 4.99 Å². The molecule has 3 N–H and O–H groups in total. The highest BCUT2D eigenvalue weighted by Crippen LogP contribution is 2.35. The maximum Gasteiger partial charge on any atom is 0.144 e. The van der Waals surface area contributed by atoms with Crippen LogP contribution in [0.4, 0.5) is 11.4 Å². The molecule has 1 aromatic rings. The highest BCUT2D eigenvalue weighted by Gasteiger charge is 2.13. The largest absolute Gasteiger partial charge is 0.490 e. The minimum absolute atomic E-state index is 0.596. The van der Waals surface area contributed by atoms with E-state index in [1.54, 1.807) is 6.34 Å². The van der Waals surface area contributed by atoms with Gasteiger partial charge in [0.05, 0.1) is 17.7 Å². The van der Waals surface area contributed by atoms with E-state index in [4.69, 9.17) is 10.5 Å². The smallest absolute Gasteiger partial charge is 0.144 e. The third-order valence-electron chi connectivity index (χ3n) is 2.69. The van der Waals surface area contributed by atoms with Crippen LogP contribution in [0.3, 0.4) is 0 Å². The van der Waals surface area contributed by atoms with Crippen molar-refractivity contribution >= 4 is 23.4 Å². The van der Waals surface area contributed by atoms with Gasteiger partial charge in [-0.2, -0.15) is 0 Å². The zero-order valence-electron chi connectivity index (χ0n) is 10.7. The van der Waals surface area contributed by atoms with Crippen LogP contribution in [0.1, 0.15) is 5.56 Å². The standard InChI is InChI=1S/C13H18N4O/c1-9-10-6-11(14)13(18-5-4-17(2)3)7-12(10)16-8-15-9/h6-8H,1,4-5,14H2,2-3H3,(H,15,16). The first-order chi connectivity index (χ1) is 8.58. The molecule has 0 amide bonds. The summed E-state index contributed by atoms with van der Waals surface area (Å²) in [6.07, 6.45) is 1.62. The predicted molar refractivity (Wildman–Crippen MR) is 75.2 cm³/mol. The Morgan fingerprint density at radius 1 is 1.44 bits per heavy atom. The maximum absolute atomic E-state index is 5.96. The molecular weight excluding hydrogens is 228 g/mol. The van der Waals surface area contributed by atoms with Gasteiger partial charge >= 0.3 is 0 Å². The number of ether oxygens (including phenoxy) is 1. The fourth-order valence-electron chi connectivity index (χ4n) is 1.66. The van der Waals surface area contributed by atoms with E-state index in [0.29, 0.717) is 18.0 Å². The first-order valence-electron chi connectivity index (χ1n) is 5.77. The zero-order valence-corrected chi connectivity index (χ0v) is 10.7. The molecule has 1 heterocycles. The normalized spacial score (nSPS) is 13.4. The average Bonchev–Trinajstić information content (AvgIpc) is 2.31. The Balaban J connectivity index is 2.18. The van der Waals surface area contributed by atoms with Crippen LogP contribution in [0.15, 0.2) is 23.7 Å². The van der Waals surface area contributed by atoms with Crippen LogP contribution in [0.5, 0.6) is 5.75 Å². The molecule has 5 heteroatoms. The molecule has 0 fully saturated rings. The minimum Gasteiger partial charge on any atom is -0.490 e.